The zero-order chi connectivity index (χ0) is 20.9. The molecule has 0 N–H and O–H groups in total. The zero-order valence-electron chi connectivity index (χ0n) is 18.3. The highest BCUT2D eigenvalue weighted by Crippen LogP contribution is 2.37. The minimum Gasteiger partial charge on any atom is -0.385 e. The van der Waals surface area contributed by atoms with Gasteiger partial charge in [-0.2, -0.15) is 0 Å². The summed E-state index contributed by atoms with van der Waals surface area (Å²) in [6.07, 6.45) is 10.9. The lowest BCUT2D eigenvalue weighted by molar-refractivity contribution is -0.132. The molecular formula is C24H36N2O3S. The Hall–Kier alpha value is -1.40. The van der Waals surface area contributed by atoms with Crippen molar-refractivity contribution >= 4 is 23.2 Å². The third-order valence-corrected chi connectivity index (χ3v) is 8.46. The van der Waals surface area contributed by atoms with Crippen LogP contribution in [0.5, 0.6) is 0 Å². The molecule has 1 aromatic rings. The number of piperidine rings is 2. The third kappa shape index (κ3) is 4.91. The van der Waals surface area contributed by atoms with E-state index in [1.54, 1.807) is 18.4 Å². The number of amides is 2. The highest BCUT2D eigenvalue weighted by molar-refractivity contribution is 7.10. The number of ether oxygens (including phenoxy) is 1. The fourth-order valence-electron chi connectivity index (χ4n) is 5.66. The monoisotopic (exact) mass is 432 g/mol. The Morgan fingerprint density at radius 2 is 1.83 bits per heavy atom. The smallest absolute Gasteiger partial charge is 0.254 e. The van der Waals surface area contributed by atoms with Crippen LogP contribution in [-0.4, -0.2) is 61.0 Å². The third-order valence-electron chi connectivity index (χ3n) is 7.36. The molecule has 0 spiro atoms. The number of rotatable bonds is 6. The molecule has 2 atom stereocenters. The van der Waals surface area contributed by atoms with E-state index in [0.717, 1.165) is 56.8 Å². The topological polar surface area (TPSA) is 49.9 Å². The van der Waals surface area contributed by atoms with Crippen molar-refractivity contribution in [2.45, 2.75) is 76.2 Å². The summed E-state index contributed by atoms with van der Waals surface area (Å²) < 4.78 is 5.05. The van der Waals surface area contributed by atoms with Gasteiger partial charge in [-0.1, -0.05) is 12.8 Å². The van der Waals surface area contributed by atoms with E-state index in [1.165, 1.54) is 37.0 Å². The van der Waals surface area contributed by atoms with Crippen molar-refractivity contribution in [1.82, 2.24) is 9.80 Å². The molecule has 5 nitrogen and oxygen atoms in total. The molecule has 2 amide bonds. The Kier molecular flexibility index (Phi) is 7.47. The largest absolute Gasteiger partial charge is 0.385 e. The average Bonchev–Trinajstić information content (AvgIpc) is 3.29. The summed E-state index contributed by atoms with van der Waals surface area (Å²) in [5.41, 5.74) is 0.888. The maximum absolute atomic E-state index is 13.3. The van der Waals surface area contributed by atoms with Gasteiger partial charge in [-0.05, 0) is 62.8 Å². The van der Waals surface area contributed by atoms with E-state index >= 15 is 0 Å². The molecule has 3 fully saturated rings. The molecule has 1 saturated carbocycles. The van der Waals surface area contributed by atoms with E-state index < -0.39 is 0 Å². The molecule has 2 aliphatic heterocycles. The first-order chi connectivity index (χ1) is 14.7. The number of fused-ring (bicyclic) bond motifs is 1. The Labute approximate surface area is 184 Å². The molecule has 1 aliphatic carbocycles. The van der Waals surface area contributed by atoms with Gasteiger partial charge < -0.3 is 14.5 Å². The molecule has 166 valence electrons. The fourth-order valence-corrected chi connectivity index (χ4v) is 6.72. The van der Waals surface area contributed by atoms with Crippen LogP contribution in [-0.2, 0) is 9.53 Å². The van der Waals surface area contributed by atoms with Crippen molar-refractivity contribution in [3.05, 3.63) is 21.9 Å². The number of likely N-dealkylation sites (tertiary alicyclic amines) is 2. The number of carbonyl (C=O) groups is 2. The van der Waals surface area contributed by atoms with Gasteiger partial charge in [0.25, 0.3) is 5.91 Å². The number of carbonyl (C=O) groups excluding carboxylic acids is 2. The second-order valence-corrected chi connectivity index (χ2v) is 10.2. The Morgan fingerprint density at radius 3 is 2.63 bits per heavy atom. The van der Waals surface area contributed by atoms with Crippen LogP contribution in [0.4, 0.5) is 0 Å². The SMILES string of the molecule is COCCCC(=O)N1CCC(c2cc(C(=O)N3CCCC4CCCCC43)cs2)CC1. The first kappa shape index (κ1) is 21.8. The standard InChI is InChI=1S/C24H36N2O3S/c1-29-15-5-9-23(27)25-13-10-19(11-14-25)22-16-20(17-30-22)24(28)26-12-4-7-18-6-2-3-8-21(18)26/h16-19,21H,2-15H2,1H3. The maximum atomic E-state index is 13.3. The Morgan fingerprint density at radius 1 is 1.07 bits per heavy atom. The predicted molar refractivity (Wildman–Crippen MR) is 120 cm³/mol. The molecule has 1 aromatic heterocycles. The van der Waals surface area contributed by atoms with E-state index in [0.29, 0.717) is 25.0 Å². The minimum atomic E-state index is 0.250. The summed E-state index contributed by atoms with van der Waals surface area (Å²) in [6.45, 7) is 3.22. The molecule has 0 aromatic carbocycles. The lowest BCUT2D eigenvalue weighted by Gasteiger charge is -2.44. The molecular weight excluding hydrogens is 396 g/mol. The van der Waals surface area contributed by atoms with Crippen LogP contribution in [0.2, 0.25) is 0 Å². The lowest BCUT2D eigenvalue weighted by Crippen LogP contribution is -2.49. The van der Waals surface area contributed by atoms with E-state index in [1.807, 2.05) is 4.90 Å². The first-order valence-corrected chi connectivity index (χ1v) is 12.7. The number of methoxy groups -OCH3 is 1. The van der Waals surface area contributed by atoms with Crippen molar-refractivity contribution < 1.29 is 14.3 Å². The van der Waals surface area contributed by atoms with Crippen LogP contribution < -0.4 is 0 Å². The van der Waals surface area contributed by atoms with Gasteiger partial charge in [0.05, 0.1) is 5.56 Å². The summed E-state index contributed by atoms with van der Waals surface area (Å²) in [5, 5.41) is 2.08. The molecule has 3 aliphatic rings. The van der Waals surface area contributed by atoms with Gasteiger partial charge >= 0.3 is 0 Å². The molecule has 30 heavy (non-hydrogen) atoms. The van der Waals surface area contributed by atoms with Crippen molar-refractivity contribution in [2.24, 2.45) is 5.92 Å². The van der Waals surface area contributed by atoms with Gasteiger partial charge in [0.2, 0.25) is 5.91 Å². The summed E-state index contributed by atoms with van der Waals surface area (Å²) in [7, 11) is 1.68. The second kappa shape index (κ2) is 10.3. The molecule has 3 heterocycles. The van der Waals surface area contributed by atoms with E-state index in [-0.39, 0.29) is 11.8 Å². The Bertz CT molecular complexity index is 724. The highest BCUT2D eigenvalue weighted by Gasteiger charge is 2.36. The predicted octanol–water partition coefficient (Wildman–Crippen LogP) is 4.68. The van der Waals surface area contributed by atoms with Crippen LogP contribution >= 0.6 is 11.3 Å². The van der Waals surface area contributed by atoms with Crippen LogP contribution in [0.1, 0.15) is 85.4 Å². The molecule has 0 bridgehead atoms. The van der Waals surface area contributed by atoms with E-state index in [4.69, 9.17) is 4.74 Å². The summed E-state index contributed by atoms with van der Waals surface area (Å²) in [6, 6.07) is 2.62. The molecule has 2 unspecified atom stereocenters. The number of thiophene rings is 1. The van der Waals surface area contributed by atoms with Gasteiger partial charge in [0.15, 0.2) is 0 Å². The van der Waals surface area contributed by atoms with Crippen molar-refractivity contribution in [1.29, 1.82) is 0 Å². The van der Waals surface area contributed by atoms with Crippen LogP contribution in [0, 0.1) is 5.92 Å². The fraction of sp³-hybridized carbons (Fsp3) is 0.750. The van der Waals surface area contributed by atoms with E-state index in [9.17, 15) is 9.59 Å². The van der Waals surface area contributed by atoms with Gasteiger partial charge in [-0.3, -0.25) is 9.59 Å². The number of hydrogen-bond acceptors (Lipinski definition) is 4. The van der Waals surface area contributed by atoms with Gasteiger partial charge in [0, 0.05) is 56.1 Å². The van der Waals surface area contributed by atoms with Crippen LogP contribution in [0.25, 0.3) is 0 Å². The molecule has 6 heteroatoms. The second-order valence-electron chi connectivity index (χ2n) is 9.24. The molecule has 4 rings (SSSR count). The number of hydrogen-bond donors (Lipinski definition) is 0. The lowest BCUT2D eigenvalue weighted by atomic mass is 9.78. The number of nitrogens with zero attached hydrogens (tertiary/aromatic N) is 2. The molecule has 2 saturated heterocycles. The van der Waals surface area contributed by atoms with Crippen molar-refractivity contribution in [3.63, 3.8) is 0 Å². The summed E-state index contributed by atoms with van der Waals surface area (Å²) >= 11 is 1.74. The van der Waals surface area contributed by atoms with Crippen LogP contribution in [0.3, 0.4) is 0 Å². The van der Waals surface area contributed by atoms with Crippen molar-refractivity contribution in [2.75, 3.05) is 33.4 Å². The summed E-state index contributed by atoms with van der Waals surface area (Å²) in [5.74, 6) is 1.70. The minimum absolute atomic E-state index is 0.250. The Balaban J connectivity index is 1.32. The molecule has 0 radical (unpaired) electrons. The first-order valence-electron chi connectivity index (χ1n) is 11.8. The van der Waals surface area contributed by atoms with Crippen molar-refractivity contribution in [3.8, 4) is 0 Å². The van der Waals surface area contributed by atoms with E-state index in [2.05, 4.69) is 16.3 Å². The maximum Gasteiger partial charge on any atom is 0.254 e. The highest BCUT2D eigenvalue weighted by atomic mass is 32.1. The van der Waals surface area contributed by atoms with Gasteiger partial charge in [0.1, 0.15) is 0 Å². The normalized spacial score (nSPS) is 25.2. The van der Waals surface area contributed by atoms with Gasteiger partial charge in [-0.25, -0.2) is 0 Å². The average molecular weight is 433 g/mol. The summed E-state index contributed by atoms with van der Waals surface area (Å²) in [4.78, 5) is 31.1. The van der Waals surface area contributed by atoms with Crippen LogP contribution in [0.15, 0.2) is 11.4 Å². The zero-order valence-corrected chi connectivity index (χ0v) is 19.1. The van der Waals surface area contributed by atoms with Gasteiger partial charge in [-0.15, -0.1) is 11.3 Å². The quantitative estimate of drug-likeness (QED) is 0.614.